The third-order valence-corrected chi connectivity index (χ3v) is 3.37. The van der Waals surface area contributed by atoms with Crippen molar-refractivity contribution >= 4 is 5.91 Å². The van der Waals surface area contributed by atoms with Gasteiger partial charge < -0.3 is 14.7 Å². The Hall–Kier alpha value is -1.39. The first-order chi connectivity index (χ1) is 8.74. The predicted octanol–water partition coefficient (Wildman–Crippen LogP) is 1.36. The number of aliphatic hydroxyl groups excluding tert-OH is 1. The number of ether oxygens (including phenoxy) is 1. The first kappa shape index (κ1) is 13.1. The lowest BCUT2D eigenvalue weighted by Gasteiger charge is -2.26. The number of likely N-dealkylation sites (tertiary alicyclic amines) is 1. The molecule has 0 spiro atoms. The van der Waals surface area contributed by atoms with Gasteiger partial charge in [-0.2, -0.15) is 0 Å². The number of hydrogen-bond acceptors (Lipinski definition) is 3. The minimum Gasteiger partial charge on any atom is -0.383 e. The summed E-state index contributed by atoms with van der Waals surface area (Å²) < 4.78 is 5.12. The van der Waals surface area contributed by atoms with Crippen molar-refractivity contribution in [3.63, 3.8) is 0 Å². The molecule has 2 rings (SSSR count). The number of methoxy groups -OCH3 is 1. The van der Waals surface area contributed by atoms with Gasteiger partial charge in [0.15, 0.2) is 6.10 Å². The molecule has 0 saturated carbocycles. The maximum atomic E-state index is 12.3. The van der Waals surface area contributed by atoms with E-state index in [0.717, 1.165) is 12.8 Å². The van der Waals surface area contributed by atoms with E-state index in [0.29, 0.717) is 18.7 Å². The van der Waals surface area contributed by atoms with E-state index in [1.807, 2.05) is 18.2 Å². The molecule has 2 atom stereocenters. The molecule has 98 valence electrons. The normalized spacial score (nSPS) is 21.0. The lowest BCUT2D eigenvalue weighted by atomic mass is 10.1. The summed E-state index contributed by atoms with van der Waals surface area (Å²) in [5.41, 5.74) is 0.644. The van der Waals surface area contributed by atoms with Crippen LogP contribution in [0.4, 0.5) is 0 Å². The van der Waals surface area contributed by atoms with Gasteiger partial charge in [-0.15, -0.1) is 0 Å². The van der Waals surface area contributed by atoms with Crippen LogP contribution in [0, 0.1) is 0 Å². The number of carbonyl (C=O) groups is 1. The number of carbonyl (C=O) groups excluding carboxylic acids is 1. The third-order valence-electron chi connectivity index (χ3n) is 3.37. The average molecular weight is 249 g/mol. The Morgan fingerprint density at radius 2 is 2.22 bits per heavy atom. The van der Waals surface area contributed by atoms with E-state index >= 15 is 0 Å². The highest BCUT2D eigenvalue weighted by molar-refractivity contribution is 5.82. The van der Waals surface area contributed by atoms with Crippen LogP contribution >= 0.6 is 0 Å². The number of benzene rings is 1. The molecule has 1 saturated heterocycles. The van der Waals surface area contributed by atoms with Crippen molar-refractivity contribution in [3.8, 4) is 0 Å². The topological polar surface area (TPSA) is 49.8 Å². The van der Waals surface area contributed by atoms with Gasteiger partial charge in [0.05, 0.1) is 12.6 Å². The summed E-state index contributed by atoms with van der Waals surface area (Å²) in [6.45, 7) is 1.24. The van der Waals surface area contributed by atoms with Gasteiger partial charge in [0.1, 0.15) is 0 Å². The fourth-order valence-corrected chi connectivity index (χ4v) is 2.43. The second-order valence-electron chi connectivity index (χ2n) is 4.60. The quantitative estimate of drug-likeness (QED) is 0.876. The Labute approximate surface area is 107 Å². The zero-order valence-electron chi connectivity index (χ0n) is 10.6. The van der Waals surface area contributed by atoms with Crippen LogP contribution in [0.3, 0.4) is 0 Å². The highest BCUT2D eigenvalue weighted by atomic mass is 16.5. The number of rotatable bonds is 4. The zero-order valence-corrected chi connectivity index (χ0v) is 10.6. The summed E-state index contributed by atoms with van der Waals surface area (Å²) >= 11 is 0. The number of amides is 1. The van der Waals surface area contributed by atoms with E-state index in [1.54, 1.807) is 24.1 Å². The molecule has 0 unspecified atom stereocenters. The van der Waals surface area contributed by atoms with E-state index in [-0.39, 0.29) is 11.9 Å². The second-order valence-corrected chi connectivity index (χ2v) is 4.60. The SMILES string of the molecule is COC[C@@H]1CCCN1C(=O)[C@@H](O)c1ccccc1. The Bertz CT molecular complexity index is 393. The van der Waals surface area contributed by atoms with Crippen LogP contribution in [0.5, 0.6) is 0 Å². The molecule has 1 fully saturated rings. The van der Waals surface area contributed by atoms with E-state index in [9.17, 15) is 9.90 Å². The van der Waals surface area contributed by atoms with Gasteiger partial charge in [-0.25, -0.2) is 0 Å². The Balaban J connectivity index is 2.06. The van der Waals surface area contributed by atoms with E-state index < -0.39 is 6.10 Å². The summed E-state index contributed by atoms with van der Waals surface area (Å²) in [5, 5.41) is 10.1. The number of hydrogen-bond donors (Lipinski definition) is 1. The molecular formula is C14H19NO3. The minimum atomic E-state index is -1.07. The summed E-state index contributed by atoms with van der Waals surface area (Å²) in [4.78, 5) is 14.0. The van der Waals surface area contributed by atoms with Crippen LogP contribution in [-0.2, 0) is 9.53 Å². The molecule has 0 bridgehead atoms. The Kier molecular flexibility index (Phi) is 4.33. The molecule has 4 nitrogen and oxygen atoms in total. The predicted molar refractivity (Wildman–Crippen MR) is 68.0 cm³/mol. The van der Waals surface area contributed by atoms with Crippen molar-refractivity contribution in [2.45, 2.75) is 25.0 Å². The van der Waals surface area contributed by atoms with Gasteiger partial charge in [-0.05, 0) is 18.4 Å². The number of aliphatic hydroxyl groups is 1. The van der Waals surface area contributed by atoms with Crippen molar-refractivity contribution in [2.75, 3.05) is 20.3 Å². The van der Waals surface area contributed by atoms with Crippen LogP contribution in [0.2, 0.25) is 0 Å². The van der Waals surface area contributed by atoms with Crippen molar-refractivity contribution < 1.29 is 14.6 Å². The van der Waals surface area contributed by atoms with Crippen LogP contribution < -0.4 is 0 Å². The maximum Gasteiger partial charge on any atom is 0.256 e. The smallest absolute Gasteiger partial charge is 0.256 e. The summed E-state index contributed by atoms with van der Waals surface area (Å²) in [5.74, 6) is -0.222. The number of nitrogens with zero attached hydrogens (tertiary/aromatic N) is 1. The zero-order chi connectivity index (χ0) is 13.0. The van der Waals surface area contributed by atoms with Crippen molar-refractivity contribution in [2.24, 2.45) is 0 Å². The largest absolute Gasteiger partial charge is 0.383 e. The fourth-order valence-electron chi connectivity index (χ4n) is 2.43. The molecule has 1 aromatic carbocycles. The van der Waals surface area contributed by atoms with Gasteiger partial charge in [0, 0.05) is 13.7 Å². The fraction of sp³-hybridized carbons (Fsp3) is 0.500. The van der Waals surface area contributed by atoms with Crippen LogP contribution in [0.1, 0.15) is 24.5 Å². The van der Waals surface area contributed by atoms with E-state index in [4.69, 9.17) is 4.74 Å². The van der Waals surface area contributed by atoms with Crippen molar-refractivity contribution in [1.29, 1.82) is 0 Å². The molecule has 18 heavy (non-hydrogen) atoms. The molecule has 1 amide bonds. The van der Waals surface area contributed by atoms with Gasteiger partial charge in [-0.3, -0.25) is 4.79 Å². The summed E-state index contributed by atoms with van der Waals surface area (Å²) in [7, 11) is 1.63. The average Bonchev–Trinajstić information content (AvgIpc) is 2.87. The second kappa shape index (κ2) is 5.98. The van der Waals surface area contributed by atoms with Gasteiger partial charge in [0.25, 0.3) is 5.91 Å². The van der Waals surface area contributed by atoms with Crippen LogP contribution in [0.25, 0.3) is 0 Å². The van der Waals surface area contributed by atoms with E-state index in [2.05, 4.69) is 0 Å². The van der Waals surface area contributed by atoms with Gasteiger partial charge in [-0.1, -0.05) is 30.3 Å². The highest BCUT2D eigenvalue weighted by Crippen LogP contribution is 2.23. The molecule has 0 aliphatic carbocycles. The van der Waals surface area contributed by atoms with Gasteiger partial charge in [0.2, 0.25) is 0 Å². The summed E-state index contributed by atoms with van der Waals surface area (Å²) in [6, 6.07) is 9.14. The Morgan fingerprint density at radius 3 is 2.89 bits per heavy atom. The van der Waals surface area contributed by atoms with Crippen LogP contribution in [-0.4, -0.2) is 42.2 Å². The molecule has 1 N–H and O–H groups in total. The third kappa shape index (κ3) is 2.71. The Morgan fingerprint density at radius 1 is 1.50 bits per heavy atom. The molecule has 1 heterocycles. The first-order valence-electron chi connectivity index (χ1n) is 6.26. The molecule has 0 aromatic heterocycles. The first-order valence-corrected chi connectivity index (χ1v) is 6.26. The van der Waals surface area contributed by atoms with Gasteiger partial charge >= 0.3 is 0 Å². The molecule has 1 aliphatic rings. The van der Waals surface area contributed by atoms with E-state index in [1.165, 1.54) is 0 Å². The highest BCUT2D eigenvalue weighted by Gasteiger charge is 2.32. The lowest BCUT2D eigenvalue weighted by Crippen LogP contribution is -2.40. The standard InChI is InChI=1S/C14H19NO3/c1-18-10-12-8-5-9-15(12)14(17)13(16)11-6-3-2-4-7-11/h2-4,6-7,12-13,16H,5,8-10H2,1H3/t12-,13-/m0/s1. The van der Waals surface area contributed by atoms with Crippen molar-refractivity contribution in [3.05, 3.63) is 35.9 Å². The molecule has 0 radical (unpaired) electrons. The minimum absolute atomic E-state index is 0.0980. The van der Waals surface area contributed by atoms with Crippen LogP contribution in [0.15, 0.2) is 30.3 Å². The lowest BCUT2D eigenvalue weighted by molar-refractivity contribution is -0.142. The molecular weight excluding hydrogens is 230 g/mol. The van der Waals surface area contributed by atoms with Crippen molar-refractivity contribution in [1.82, 2.24) is 4.90 Å². The maximum absolute atomic E-state index is 12.3. The molecule has 4 heteroatoms. The summed E-state index contributed by atoms with van der Waals surface area (Å²) in [6.07, 6.45) is 0.853. The molecule has 1 aliphatic heterocycles. The monoisotopic (exact) mass is 249 g/mol. The molecule has 1 aromatic rings.